The van der Waals surface area contributed by atoms with Crippen LogP contribution in [0, 0.1) is 0 Å². The quantitative estimate of drug-likeness (QED) is 0.387. The Hall–Kier alpha value is -3.03. The smallest absolute Gasteiger partial charge is 0.347 e. The lowest BCUT2D eigenvalue weighted by atomic mass is 10.1. The molecular formula is C20H24N2O6. The van der Waals surface area contributed by atoms with E-state index in [2.05, 4.69) is 11.2 Å². The van der Waals surface area contributed by atoms with E-state index >= 15 is 0 Å². The molecule has 1 heterocycles. The predicted octanol–water partition coefficient (Wildman–Crippen LogP) is 2.62. The highest BCUT2D eigenvalue weighted by atomic mass is 16.7. The average Bonchev–Trinajstić information content (AvgIpc) is 3.38. The van der Waals surface area contributed by atoms with Gasteiger partial charge in [-0.05, 0) is 51.3 Å². The first kappa shape index (κ1) is 19.7. The van der Waals surface area contributed by atoms with E-state index in [0.29, 0.717) is 23.8 Å². The zero-order chi connectivity index (χ0) is 19.9. The number of ether oxygens (including phenoxy) is 3. The number of amides is 1. The number of fused-ring (bicyclic) bond motifs is 1. The number of nitrogens with zero attached hydrogens (tertiary/aromatic N) is 2. The second kappa shape index (κ2) is 9.25. The average molecular weight is 388 g/mol. The molecule has 1 aliphatic heterocycles. The molecule has 0 aromatic heterocycles. The number of carbonyl (C=O) groups excluding carboxylic acids is 2. The SMILES string of the molecule is CCN(C(=O)COC(=O)CO/N=C(\C)c1ccc2c(c1)OCO2)C1=CCCC1. The number of benzene rings is 1. The van der Waals surface area contributed by atoms with Crippen molar-refractivity contribution in [2.45, 2.75) is 33.1 Å². The van der Waals surface area contributed by atoms with Crippen molar-refractivity contribution in [3.05, 3.63) is 35.5 Å². The van der Waals surface area contributed by atoms with E-state index in [1.807, 2.05) is 13.0 Å². The minimum Gasteiger partial charge on any atom is -0.454 e. The highest BCUT2D eigenvalue weighted by Gasteiger charge is 2.20. The van der Waals surface area contributed by atoms with Gasteiger partial charge in [-0.15, -0.1) is 0 Å². The number of oxime groups is 1. The number of hydrogen-bond donors (Lipinski definition) is 0. The van der Waals surface area contributed by atoms with E-state index in [4.69, 9.17) is 19.0 Å². The number of likely N-dealkylation sites (N-methyl/N-ethyl adjacent to an activating group) is 1. The Labute approximate surface area is 163 Å². The Bertz CT molecular complexity index is 802. The molecule has 2 aliphatic rings. The fourth-order valence-corrected chi connectivity index (χ4v) is 3.06. The third-order valence-electron chi connectivity index (χ3n) is 4.51. The zero-order valence-electron chi connectivity index (χ0n) is 16.1. The van der Waals surface area contributed by atoms with E-state index < -0.39 is 5.97 Å². The van der Waals surface area contributed by atoms with E-state index in [-0.39, 0.29) is 25.9 Å². The fourth-order valence-electron chi connectivity index (χ4n) is 3.06. The minimum atomic E-state index is -0.646. The molecule has 28 heavy (non-hydrogen) atoms. The molecule has 0 saturated carbocycles. The molecule has 1 aromatic carbocycles. The summed E-state index contributed by atoms with van der Waals surface area (Å²) in [6.07, 6.45) is 4.96. The summed E-state index contributed by atoms with van der Waals surface area (Å²) >= 11 is 0. The molecule has 150 valence electrons. The summed E-state index contributed by atoms with van der Waals surface area (Å²) in [5, 5.41) is 3.92. The number of carbonyl (C=O) groups is 2. The molecule has 0 fully saturated rings. The molecule has 0 bridgehead atoms. The van der Waals surface area contributed by atoms with Gasteiger partial charge in [0.1, 0.15) is 0 Å². The highest BCUT2D eigenvalue weighted by Crippen LogP contribution is 2.32. The lowest BCUT2D eigenvalue weighted by Gasteiger charge is -2.21. The van der Waals surface area contributed by atoms with Crippen LogP contribution >= 0.6 is 0 Å². The van der Waals surface area contributed by atoms with Crippen LogP contribution in [0.1, 0.15) is 38.7 Å². The van der Waals surface area contributed by atoms with Gasteiger partial charge in [-0.25, -0.2) is 4.79 Å². The molecule has 1 aromatic rings. The summed E-state index contributed by atoms with van der Waals surface area (Å²) < 4.78 is 15.6. The third kappa shape index (κ3) is 4.82. The second-order valence-electron chi connectivity index (χ2n) is 6.40. The Balaban J connectivity index is 1.43. The Kier molecular flexibility index (Phi) is 6.52. The molecule has 1 amide bonds. The van der Waals surface area contributed by atoms with Crippen molar-refractivity contribution in [2.75, 3.05) is 26.6 Å². The largest absolute Gasteiger partial charge is 0.454 e. The molecule has 0 spiro atoms. The Morgan fingerprint density at radius 1 is 1.21 bits per heavy atom. The molecule has 0 N–H and O–H groups in total. The zero-order valence-corrected chi connectivity index (χ0v) is 16.1. The monoisotopic (exact) mass is 388 g/mol. The lowest BCUT2D eigenvalue weighted by molar-refractivity contribution is -0.155. The van der Waals surface area contributed by atoms with Crippen LogP contribution in [-0.4, -0.2) is 49.0 Å². The van der Waals surface area contributed by atoms with Crippen LogP contribution in [-0.2, 0) is 19.2 Å². The van der Waals surface area contributed by atoms with E-state index in [9.17, 15) is 9.59 Å². The van der Waals surface area contributed by atoms with Crippen LogP contribution in [0.4, 0.5) is 0 Å². The minimum absolute atomic E-state index is 0.197. The van der Waals surface area contributed by atoms with E-state index in [0.717, 1.165) is 30.5 Å². The fraction of sp³-hybridized carbons (Fsp3) is 0.450. The van der Waals surface area contributed by atoms with Gasteiger partial charge in [0, 0.05) is 17.8 Å². The summed E-state index contributed by atoms with van der Waals surface area (Å²) in [6.45, 7) is 3.72. The standard InChI is InChI=1S/C20H24N2O6/c1-3-22(16-6-4-5-7-16)19(23)11-25-20(24)12-28-21-14(2)15-8-9-17-18(10-15)27-13-26-17/h6,8-10H,3-5,7,11-13H2,1-2H3/b21-14+. The predicted molar refractivity (Wildman–Crippen MR) is 101 cm³/mol. The topological polar surface area (TPSA) is 86.7 Å². The maximum atomic E-state index is 12.2. The van der Waals surface area contributed by atoms with E-state index in [1.54, 1.807) is 24.0 Å². The number of esters is 1. The number of allylic oxidation sites excluding steroid dienone is 2. The summed E-state index contributed by atoms with van der Waals surface area (Å²) in [4.78, 5) is 30.8. The lowest BCUT2D eigenvalue weighted by Crippen LogP contribution is -2.33. The van der Waals surface area contributed by atoms with Gasteiger partial charge in [-0.1, -0.05) is 11.2 Å². The van der Waals surface area contributed by atoms with Crippen molar-refractivity contribution in [1.82, 2.24) is 4.90 Å². The molecule has 8 heteroatoms. The summed E-state index contributed by atoms with van der Waals surface area (Å²) in [7, 11) is 0. The van der Waals surface area contributed by atoms with Crippen LogP contribution in [0.2, 0.25) is 0 Å². The van der Waals surface area contributed by atoms with Gasteiger partial charge in [0.15, 0.2) is 18.1 Å². The van der Waals surface area contributed by atoms with Gasteiger partial charge in [0.05, 0.1) is 5.71 Å². The Morgan fingerprint density at radius 3 is 2.79 bits per heavy atom. The van der Waals surface area contributed by atoms with Crippen molar-refractivity contribution >= 4 is 17.6 Å². The highest BCUT2D eigenvalue weighted by molar-refractivity contribution is 5.99. The maximum Gasteiger partial charge on any atom is 0.347 e. The van der Waals surface area contributed by atoms with Crippen LogP contribution in [0.5, 0.6) is 11.5 Å². The van der Waals surface area contributed by atoms with Crippen LogP contribution in [0.3, 0.4) is 0 Å². The first-order valence-electron chi connectivity index (χ1n) is 9.30. The summed E-state index contributed by atoms with van der Waals surface area (Å²) in [6, 6.07) is 5.40. The van der Waals surface area contributed by atoms with Gasteiger partial charge in [0.25, 0.3) is 5.91 Å². The number of hydrogen-bond acceptors (Lipinski definition) is 7. The molecule has 0 saturated heterocycles. The molecular weight excluding hydrogens is 364 g/mol. The molecule has 3 rings (SSSR count). The third-order valence-corrected chi connectivity index (χ3v) is 4.51. The van der Waals surface area contributed by atoms with Crippen molar-refractivity contribution in [3.8, 4) is 11.5 Å². The molecule has 1 aliphatic carbocycles. The molecule has 0 atom stereocenters. The van der Waals surface area contributed by atoms with Gasteiger partial charge < -0.3 is 23.9 Å². The van der Waals surface area contributed by atoms with Crippen molar-refractivity contribution in [3.63, 3.8) is 0 Å². The molecule has 0 unspecified atom stereocenters. The maximum absolute atomic E-state index is 12.2. The normalized spacial score (nSPS) is 15.2. The van der Waals surface area contributed by atoms with Crippen molar-refractivity contribution in [1.29, 1.82) is 0 Å². The summed E-state index contributed by atoms with van der Waals surface area (Å²) in [5.74, 6) is 0.444. The Morgan fingerprint density at radius 2 is 2.04 bits per heavy atom. The van der Waals surface area contributed by atoms with Gasteiger partial charge in [-0.2, -0.15) is 0 Å². The van der Waals surface area contributed by atoms with Crippen molar-refractivity contribution in [2.24, 2.45) is 5.16 Å². The van der Waals surface area contributed by atoms with E-state index in [1.165, 1.54) is 0 Å². The number of rotatable bonds is 8. The van der Waals surface area contributed by atoms with Gasteiger partial charge in [-0.3, -0.25) is 4.79 Å². The van der Waals surface area contributed by atoms with Gasteiger partial charge in [0.2, 0.25) is 13.4 Å². The first-order chi connectivity index (χ1) is 13.6. The molecule has 8 nitrogen and oxygen atoms in total. The van der Waals surface area contributed by atoms with Crippen LogP contribution in [0.15, 0.2) is 35.1 Å². The summed E-state index contributed by atoms with van der Waals surface area (Å²) in [5.41, 5.74) is 2.37. The van der Waals surface area contributed by atoms with Gasteiger partial charge >= 0.3 is 5.97 Å². The molecule has 0 radical (unpaired) electrons. The van der Waals surface area contributed by atoms with Crippen molar-refractivity contribution < 1.29 is 28.6 Å². The van der Waals surface area contributed by atoms with Crippen LogP contribution < -0.4 is 9.47 Å². The second-order valence-corrected chi connectivity index (χ2v) is 6.40. The first-order valence-corrected chi connectivity index (χ1v) is 9.30. The van der Waals surface area contributed by atoms with Crippen LogP contribution in [0.25, 0.3) is 0 Å².